The van der Waals surface area contributed by atoms with E-state index in [-0.39, 0.29) is 12.5 Å². The molecule has 1 aromatic carbocycles. The monoisotopic (exact) mass is 278 g/mol. The van der Waals surface area contributed by atoms with Gasteiger partial charge in [-0.3, -0.25) is 9.59 Å². The lowest BCUT2D eigenvalue weighted by molar-refractivity contribution is -0.145. The Morgan fingerprint density at radius 2 is 2.25 bits per heavy atom. The maximum absolute atomic E-state index is 11.4. The van der Waals surface area contributed by atoms with Crippen LogP contribution in [-0.4, -0.2) is 31.1 Å². The summed E-state index contributed by atoms with van der Waals surface area (Å²) in [5.41, 5.74) is 7.48. The molecular weight excluding hydrogens is 260 g/mol. The molecule has 1 aromatic rings. The molecule has 1 atom stereocenters. The van der Waals surface area contributed by atoms with E-state index in [2.05, 4.69) is 5.32 Å². The van der Waals surface area contributed by atoms with Gasteiger partial charge in [-0.2, -0.15) is 0 Å². The molecule has 2 rings (SSSR count). The van der Waals surface area contributed by atoms with Crippen molar-refractivity contribution in [2.24, 2.45) is 5.73 Å². The SMILES string of the molecule is CCOC(=O)C(N)COc1ccc2c(c1)CCC(=O)N2. The molecule has 1 amide bonds. The molecule has 6 nitrogen and oxygen atoms in total. The predicted molar refractivity (Wildman–Crippen MR) is 73.5 cm³/mol. The van der Waals surface area contributed by atoms with Gasteiger partial charge in [0, 0.05) is 12.1 Å². The first-order chi connectivity index (χ1) is 9.60. The van der Waals surface area contributed by atoms with Gasteiger partial charge in [-0.25, -0.2) is 0 Å². The molecule has 0 saturated heterocycles. The number of amides is 1. The molecule has 108 valence electrons. The Morgan fingerprint density at radius 3 is 3.00 bits per heavy atom. The van der Waals surface area contributed by atoms with Crippen molar-refractivity contribution < 1.29 is 19.1 Å². The molecule has 0 fully saturated rings. The number of anilines is 1. The van der Waals surface area contributed by atoms with Crippen molar-refractivity contribution in [2.45, 2.75) is 25.8 Å². The van der Waals surface area contributed by atoms with Crippen LogP contribution in [0.5, 0.6) is 5.75 Å². The number of carbonyl (C=O) groups is 2. The number of nitrogens with one attached hydrogen (secondary N) is 1. The average Bonchev–Trinajstić information content (AvgIpc) is 2.44. The van der Waals surface area contributed by atoms with Crippen molar-refractivity contribution >= 4 is 17.6 Å². The fourth-order valence-corrected chi connectivity index (χ4v) is 1.95. The Kier molecular flexibility index (Phi) is 4.57. The zero-order valence-corrected chi connectivity index (χ0v) is 11.3. The highest BCUT2D eigenvalue weighted by Gasteiger charge is 2.17. The smallest absolute Gasteiger partial charge is 0.326 e. The van der Waals surface area contributed by atoms with E-state index in [0.717, 1.165) is 11.3 Å². The summed E-state index contributed by atoms with van der Waals surface area (Å²) in [6, 6.07) is 4.58. The van der Waals surface area contributed by atoms with Gasteiger partial charge in [0.1, 0.15) is 18.4 Å². The Labute approximate surface area is 117 Å². The van der Waals surface area contributed by atoms with Gasteiger partial charge in [-0.15, -0.1) is 0 Å². The van der Waals surface area contributed by atoms with Gasteiger partial charge in [-0.05, 0) is 37.1 Å². The minimum Gasteiger partial charge on any atom is -0.491 e. The van der Waals surface area contributed by atoms with Crippen LogP contribution in [0.2, 0.25) is 0 Å². The molecular formula is C14H18N2O4. The number of rotatable bonds is 5. The zero-order chi connectivity index (χ0) is 14.5. The Balaban J connectivity index is 1.94. The van der Waals surface area contributed by atoms with Crippen LogP contribution in [0.15, 0.2) is 18.2 Å². The van der Waals surface area contributed by atoms with Crippen molar-refractivity contribution in [3.05, 3.63) is 23.8 Å². The quantitative estimate of drug-likeness (QED) is 0.779. The second-order valence-electron chi connectivity index (χ2n) is 4.54. The van der Waals surface area contributed by atoms with Crippen LogP contribution >= 0.6 is 0 Å². The standard InChI is InChI=1S/C14H18N2O4/c1-2-19-14(18)11(15)8-20-10-4-5-12-9(7-10)3-6-13(17)16-12/h4-5,7,11H,2-3,6,8,15H2,1H3,(H,16,17). The van der Waals surface area contributed by atoms with Crippen LogP contribution in [0.4, 0.5) is 5.69 Å². The van der Waals surface area contributed by atoms with Gasteiger partial charge in [-0.1, -0.05) is 0 Å². The molecule has 6 heteroatoms. The Hall–Kier alpha value is -2.08. The van der Waals surface area contributed by atoms with Gasteiger partial charge in [0.25, 0.3) is 0 Å². The number of nitrogens with two attached hydrogens (primary N) is 1. The topological polar surface area (TPSA) is 90.7 Å². The van der Waals surface area contributed by atoms with E-state index in [1.54, 1.807) is 19.1 Å². The van der Waals surface area contributed by atoms with Gasteiger partial charge in [0.05, 0.1) is 6.61 Å². The molecule has 3 N–H and O–H groups in total. The fourth-order valence-electron chi connectivity index (χ4n) is 1.95. The predicted octanol–water partition coefficient (Wildman–Crippen LogP) is 0.840. The number of benzene rings is 1. The molecule has 1 aliphatic rings. The number of ether oxygens (including phenoxy) is 2. The van der Waals surface area contributed by atoms with E-state index in [0.29, 0.717) is 25.2 Å². The fraction of sp³-hybridized carbons (Fsp3) is 0.429. The summed E-state index contributed by atoms with van der Waals surface area (Å²) in [6.45, 7) is 2.08. The van der Waals surface area contributed by atoms with E-state index in [9.17, 15) is 9.59 Å². The summed E-state index contributed by atoms with van der Waals surface area (Å²) >= 11 is 0. The zero-order valence-electron chi connectivity index (χ0n) is 11.3. The van der Waals surface area contributed by atoms with E-state index in [1.807, 2.05) is 6.07 Å². The molecule has 0 aliphatic carbocycles. The van der Waals surface area contributed by atoms with Gasteiger partial charge >= 0.3 is 5.97 Å². The van der Waals surface area contributed by atoms with Crippen LogP contribution in [-0.2, 0) is 20.7 Å². The molecule has 1 heterocycles. The highest BCUT2D eigenvalue weighted by atomic mass is 16.5. The van der Waals surface area contributed by atoms with Gasteiger partial charge in [0.15, 0.2) is 0 Å². The van der Waals surface area contributed by atoms with Crippen LogP contribution in [0.1, 0.15) is 18.9 Å². The van der Waals surface area contributed by atoms with Crippen molar-refractivity contribution in [2.75, 3.05) is 18.5 Å². The molecule has 0 saturated carbocycles. The lowest BCUT2D eigenvalue weighted by Crippen LogP contribution is -2.37. The molecule has 0 bridgehead atoms. The number of hydrogen-bond donors (Lipinski definition) is 2. The third-order valence-corrected chi connectivity index (χ3v) is 2.99. The third-order valence-electron chi connectivity index (χ3n) is 2.99. The first-order valence-corrected chi connectivity index (χ1v) is 6.58. The van der Waals surface area contributed by atoms with Crippen molar-refractivity contribution in [1.82, 2.24) is 0 Å². The van der Waals surface area contributed by atoms with Crippen molar-refractivity contribution in [1.29, 1.82) is 0 Å². The number of aryl methyl sites for hydroxylation is 1. The third kappa shape index (κ3) is 3.48. The van der Waals surface area contributed by atoms with Crippen LogP contribution < -0.4 is 15.8 Å². The maximum Gasteiger partial charge on any atom is 0.326 e. The van der Waals surface area contributed by atoms with Crippen LogP contribution in [0.25, 0.3) is 0 Å². The van der Waals surface area contributed by atoms with Crippen LogP contribution in [0.3, 0.4) is 0 Å². The molecule has 1 unspecified atom stereocenters. The highest BCUT2D eigenvalue weighted by Crippen LogP contribution is 2.26. The number of esters is 1. The lowest BCUT2D eigenvalue weighted by Gasteiger charge is -2.18. The number of carbonyl (C=O) groups excluding carboxylic acids is 2. The minimum absolute atomic E-state index is 0.0236. The Bertz CT molecular complexity index is 516. The summed E-state index contributed by atoms with van der Waals surface area (Å²) in [5, 5.41) is 2.79. The summed E-state index contributed by atoms with van der Waals surface area (Å²) in [7, 11) is 0. The average molecular weight is 278 g/mol. The second kappa shape index (κ2) is 6.38. The number of hydrogen-bond acceptors (Lipinski definition) is 5. The van der Waals surface area contributed by atoms with E-state index >= 15 is 0 Å². The lowest BCUT2D eigenvalue weighted by atomic mass is 10.0. The maximum atomic E-state index is 11.4. The van der Waals surface area contributed by atoms with Crippen LogP contribution in [0, 0.1) is 0 Å². The summed E-state index contributed by atoms with van der Waals surface area (Å²) in [6.07, 6.45) is 1.15. The summed E-state index contributed by atoms with van der Waals surface area (Å²) < 4.78 is 10.3. The first-order valence-electron chi connectivity index (χ1n) is 6.58. The highest BCUT2D eigenvalue weighted by molar-refractivity contribution is 5.94. The Morgan fingerprint density at radius 1 is 1.45 bits per heavy atom. The molecule has 0 aromatic heterocycles. The van der Waals surface area contributed by atoms with E-state index in [1.165, 1.54) is 0 Å². The summed E-state index contributed by atoms with van der Waals surface area (Å²) in [5.74, 6) is 0.174. The van der Waals surface area contributed by atoms with Crippen molar-refractivity contribution in [3.63, 3.8) is 0 Å². The first kappa shape index (κ1) is 14.3. The van der Waals surface area contributed by atoms with Gasteiger partial charge in [0.2, 0.25) is 5.91 Å². The molecule has 1 aliphatic heterocycles. The summed E-state index contributed by atoms with van der Waals surface area (Å²) in [4.78, 5) is 22.6. The second-order valence-corrected chi connectivity index (χ2v) is 4.54. The molecule has 20 heavy (non-hydrogen) atoms. The number of fused-ring (bicyclic) bond motifs is 1. The van der Waals surface area contributed by atoms with Gasteiger partial charge < -0.3 is 20.5 Å². The minimum atomic E-state index is -0.800. The molecule has 0 spiro atoms. The van der Waals surface area contributed by atoms with E-state index in [4.69, 9.17) is 15.2 Å². The normalized spacial score (nSPS) is 15.0. The van der Waals surface area contributed by atoms with E-state index < -0.39 is 12.0 Å². The largest absolute Gasteiger partial charge is 0.491 e. The molecule has 0 radical (unpaired) electrons. The van der Waals surface area contributed by atoms with Crippen molar-refractivity contribution in [3.8, 4) is 5.75 Å².